The molecular weight excluding hydrogens is 214 g/mol. The number of ether oxygens (including phenoxy) is 1. The SMILES string of the molecule is COC(C)CNCc1cnc2ccccc2n1. The number of para-hydroxylation sites is 2. The van der Waals surface area contributed by atoms with E-state index in [4.69, 9.17) is 4.74 Å². The van der Waals surface area contributed by atoms with Crippen molar-refractivity contribution in [1.29, 1.82) is 0 Å². The zero-order valence-corrected chi connectivity index (χ0v) is 10.2. The van der Waals surface area contributed by atoms with Crippen molar-refractivity contribution in [1.82, 2.24) is 15.3 Å². The fourth-order valence-corrected chi connectivity index (χ4v) is 1.57. The van der Waals surface area contributed by atoms with Crippen molar-refractivity contribution in [3.63, 3.8) is 0 Å². The number of methoxy groups -OCH3 is 1. The van der Waals surface area contributed by atoms with E-state index in [0.29, 0.717) is 6.54 Å². The quantitative estimate of drug-likeness (QED) is 0.851. The van der Waals surface area contributed by atoms with Crippen LogP contribution in [0.2, 0.25) is 0 Å². The lowest BCUT2D eigenvalue weighted by Crippen LogP contribution is -2.25. The number of hydrogen-bond donors (Lipinski definition) is 1. The lowest BCUT2D eigenvalue weighted by atomic mass is 10.3. The minimum absolute atomic E-state index is 0.211. The zero-order chi connectivity index (χ0) is 12.1. The molecule has 2 rings (SSSR count). The normalized spacial score (nSPS) is 12.8. The van der Waals surface area contributed by atoms with Crippen molar-refractivity contribution in [3.8, 4) is 0 Å². The fourth-order valence-electron chi connectivity index (χ4n) is 1.57. The van der Waals surface area contributed by atoms with Crippen LogP contribution in [0.15, 0.2) is 30.5 Å². The third-order valence-electron chi connectivity index (χ3n) is 2.64. The van der Waals surface area contributed by atoms with Crippen LogP contribution >= 0.6 is 0 Å². The Morgan fingerprint density at radius 3 is 2.82 bits per heavy atom. The average molecular weight is 231 g/mol. The Hall–Kier alpha value is -1.52. The van der Waals surface area contributed by atoms with Gasteiger partial charge in [0.1, 0.15) is 0 Å². The monoisotopic (exact) mass is 231 g/mol. The molecule has 0 saturated carbocycles. The minimum Gasteiger partial charge on any atom is -0.380 e. The third-order valence-corrected chi connectivity index (χ3v) is 2.64. The topological polar surface area (TPSA) is 47.0 Å². The van der Waals surface area contributed by atoms with Gasteiger partial charge in [-0.1, -0.05) is 12.1 Å². The van der Waals surface area contributed by atoms with Gasteiger partial charge in [0.2, 0.25) is 0 Å². The Balaban J connectivity index is 1.99. The van der Waals surface area contributed by atoms with E-state index < -0.39 is 0 Å². The van der Waals surface area contributed by atoms with Crippen LogP contribution in [0, 0.1) is 0 Å². The molecule has 2 aromatic rings. The first-order valence-corrected chi connectivity index (χ1v) is 5.74. The summed E-state index contributed by atoms with van der Waals surface area (Å²) >= 11 is 0. The molecule has 0 amide bonds. The van der Waals surface area contributed by atoms with Crippen LogP contribution in [0.25, 0.3) is 11.0 Å². The van der Waals surface area contributed by atoms with Crippen molar-refractivity contribution in [2.75, 3.05) is 13.7 Å². The van der Waals surface area contributed by atoms with Gasteiger partial charge in [0.25, 0.3) is 0 Å². The summed E-state index contributed by atoms with van der Waals surface area (Å²) in [5.41, 5.74) is 2.82. The van der Waals surface area contributed by atoms with Gasteiger partial charge >= 0.3 is 0 Å². The molecule has 0 aliphatic rings. The van der Waals surface area contributed by atoms with Gasteiger partial charge in [-0.05, 0) is 19.1 Å². The zero-order valence-electron chi connectivity index (χ0n) is 10.2. The highest BCUT2D eigenvalue weighted by atomic mass is 16.5. The fraction of sp³-hybridized carbons (Fsp3) is 0.385. The van der Waals surface area contributed by atoms with E-state index >= 15 is 0 Å². The molecule has 0 aliphatic heterocycles. The molecular formula is C13H17N3O. The van der Waals surface area contributed by atoms with Crippen molar-refractivity contribution >= 4 is 11.0 Å². The molecule has 17 heavy (non-hydrogen) atoms. The lowest BCUT2D eigenvalue weighted by Gasteiger charge is -2.10. The molecule has 0 bridgehead atoms. The molecule has 4 heteroatoms. The summed E-state index contributed by atoms with van der Waals surface area (Å²) in [7, 11) is 1.71. The van der Waals surface area contributed by atoms with Crippen molar-refractivity contribution in [3.05, 3.63) is 36.2 Å². The predicted octanol–water partition coefficient (Wildman–Crippen LogP) is 1.75. The van der Waals surface area contributed by atoms with E-state index in [0.717, 1.165) is 23.3 Å². The number of benzene rings is 1. The first-order valence-electron chi connectivity index (χ1n) is 5.74. The molecule has 1 atom stereocenters. The molecule has 0 fully saturated rings. The van der Waals surface area contributed by atoms with E-state index in [9.17, 15) is 0 Å². The molecule has 1 unspecified atom stereocenters. The van der Waals surface area contributed by atoms with Gasteiger partial charge < -0.3 is 10.1 Å². The van der Waals surface area contributed by atoms with Crippen LogP contribution in [0.5, 0.6) is 0 Å². The summed E-state index contributed by atoms with van der Waals surface area (Å²) < 4.78 is 5.16. The standard InChI is InChI=1S/C13H17N3O/c1-10(17-2)7-14-8-11-9-15-12-5-3-4-6-13(12)16-11/h3-6,9-10,14H,7-8H2,1-2H3. The maximum absolute atomic E-state index is 5.16. The summed E-state index contributed by atoms with van der Waals surface area (Å²) in [5, 5.41) is 3.29. The molecule has 0 spiro atoms. The van der Waals surface area contributed by atoms with E-state index in [1.54, 1.807) is 7.11 Å². The highest BCUT2D eigenvalue weighted by Crippen LogP contribution is 2.08. The van der Waals surface area contributed by atoms with Gasteiger partial charge in [0.05, 0.1) is 29.0 Å². The van der Waals surface area contributed by atoms with Crippen molar-refractivity contribution in [2.45, 2.75) is 19.6 Å². The Labute approximate surface area is 101 Å². The number of rotatable bonds is 5. The average Bonchev–Trinajstić information content (AvgIpc) is 2.38. The summed E-state index contributed by atoms with van der Waals surface area (Å²) in [4.78, 5) is 8.90. The first kappa shape index (κ1) is 12.0. The Morgan fingerprint density at radius 1 is 1.29 bits per heavy atom. The Kier molecular flexibility index (Phi) is 4.01. The smallest absolute Gasteiger partial charge is 0.0890 e. The number of nitrogens with zero attached hydrogens (tertiary/aromatic N) is 2. The number of hydrogen-bond acceptors (Lipinski definition) is 4. The molecule has 0 saturated heterocycles. The maximum atomic E-state index is 5.16. The summed E-state index contributed by atoms with van der Waals surface area (Å²) in [6.45, 7) is 3.55. The molecule has 1 N–H and O–H groups in total. The van der Waals surface area contributed by atoms with Crippen LogP contribution in [-0.2, 0) is 11.3 Å². The summed E-state index contributed by atoms with van der Waals surface area (Å²) in [6.07, 6.45) is 2.02. The van der Waals surface area contributed by atoms with Gasteiger partial charge in [0, 0.05) is 20.2 Å². The highest BCUT2D eigenvalue weighted by Gasteiger charge is 2.01. The van der Waals surface area contributed by atoms with Crippen molar-refractivity contribution < 1.29 is 4.74 Å². The second-order valence-electron chi connectivity index (χ2n) is 4.03. The van der Waals surface area contributed by atoms with Crippen LogP contribution in [0.4, 0.5) is 0 Å². The number of fused-ring (bicyclic) bond motifs is 1. The van der Waals surface area contributed by atoms with E-state index in [2.05, 4.69) is 15.3 Å². The molecule has 1 aromatic carbocycles. The van der Waals surface area contributed by atoms with E-state index in [1.165, 1.54) is 0 Å². The van der Waals surface area contributed by atoms with Gasteiger partial charge in [0.15, 0.2) is 0 Å². The van der Waals surface area contributed by atoms with Gasteiger partial charge in [-0.3, -0.25) is 4.98 Å². The molecule has 0 radical (unpaired) electrons. The molecule has 0 aliphatic carbocycles. The third kappa shape index (κ3) is 3.22. The van der Waals surface area contributed by atoms with Crippen molar-refractivity contribution in [2.24, 2.45) is 0 Å². The Morgan fingerprint density at radius 2 is 2.06 bits per heavy atom. The second-order valence-corrected chi connectivity index (χ2v) is 4.03. The van der Waals surface area contributed by atoms with Crippen LogP contribution in [0.3, 0.4) is 0 Å². The lowest BCUT2D eigenvalue weighted by molar-refractivity contribution is 0.117. The van der Waals surface area contributed by atoms with E-state index in [-0.39, 0.29) is 6.10 Å². The Bertz CT molecular complexity index is 487. The van der Waals surface area contributed by atoms with Gasteiger partial charge in [-0.2, -0.15) is 0 Å². The van der Waals surface area contributed by atoms with Gasteiger partial charge in [-0.15, -0.1) is 0 Å². The summed E-state index contributed by atoms with van der Waals surface area (Å²) in [5.74, 6) is 0. The molecule has 90 valence electrons. The molecule has 1 heterocycles. The molecule has 4 nitrogen and oxygen atoms in total. The van der Waals surface area contributed by atoms with Gasteiger partial charge in [-0.25, -0.2) is 4.98 Å². The number of nitrogens with one attached hydrogen (secondary N) is 1. The highest BCUT2D eigenvalue weighted by molar-refractivity contribution is 5.73. The first-order chi connectivity index (χ1) is 8.29. The predicted molar refractivity (Wildman–Crippen MR) is 67.7 cm³/mol. The minimum atomic E-state index is 0.211. The van der Waals surface area contributed by atoms with E-state index in [1.807, 2.05) is 37.4 Å². The second kappa shape index (κ2) is 5.70. The largest absolute Gasteiger partial charge is 0.380 e. The van der Waals surface area contributed by atoms with Crippen LogP contribution in [-0.4, -0.2) is 29.7 Å². The number of aromatic nitrogens is 2. The van der Waals surface area contributed by atoms with Crippen LogP contribution < -0.4 is 5.32 Å². The van der Waals surface area contributed by atoms with Crippen LogP contribution in [0.1, 0.15) is 12.6 Å². The summed E-state index contributed by atoms with van der Waals surface area (Å²) in [6, 6.07) is 7.88. The maximum Gasteiger partial charge on any atom is 0.0890 e. The molecule has 1 aromatic heterocycles.